The first-order valence-corrected chi connectivity index (χ1v) is 15.0. The van der Waals surface area contributed by atoms with Gasteiger partial charge in [-0.15, -0.1) is 0 Å². The van der Waals surface area contributed by atoms with Crippen molar-refractivity contribution < 1.29 is 4.42 Å². The van der Waals surface area contributed by atoms with Gasteiger partial charge < -0.3 is 14.4 Å². The van der Waals surface area contributed by atoms with E-state index in [-0.39, 0.29) is 10.8 Å². The van der Waals surface area contributed by atoms with Gasteiger partial charge in [0.1, 0.15) is 11.2 Å². The van der Waals surface area contributed by atoms with E-state index in [0.29, 0.717) is 0 Å². The number of fused-ring (bicyclic) bond motifs is 9. The quantitative estimate of drug-likeness (QED) is 0.220. The van der Waals surface area contributed by atoms with Gasteiger partial charge in [0.05, 0.1) is 28.0 Å². The second-order valence-electron chi connectivity index (χ2n) is 13.6. The molecule has 0 spiro atoms. The van der Waals surface area contributed by atoms with Crippen LogP contribution in [-0.2, 0) is 10.8 Å². The smallest absolute Gasteiger partial charge is 0.137 e. The summed E-state index contributed by atoms with van der Waals surface area (Å²) in [7, 11) is 0. The van der Waals surface area contributed by atoms with Crippen molar-refractivity contribution in [3.05, 3.63) is 114 Å². The van der Waals surface area contributed by atoms with Gasteiger partial charge in [-0.05, 0) is 87.7 Å². The van der Waals surface area contributed by atoms with Crippen LogP contribution < -0.4 is 0 Å². The number of nitrogens with zero attached hydrogens (tertiary/aromatic N) is 1. The van der Waals surface area contributed by atoms with Gasteiger partial charge in [-0.25, -0.2) is 4.98 Å². The van der Waals surface area contributed by atoms with E-state index in [2.05, 4.69) is 155 Å². The van der Waals surface area contributed by atoms with Crippen molar-refractivity contribution in [2.45, 2.75) is 52.4 Å². The zero-order chi connectivity index (χ0) is 29.9. The van der Waals surface area contributed by atoms with Crippen LogP contribution in [0.5, 0.6) is 0 Å². The molecule has 2 aromatic carbocycles. The minimum atomic E-state index is 0.0676. The van der Waals surface area contributed by atoms with Crippen molar-refractivity contribution in [2.24, 2.45) is 0 Å². The van der Waals surface area contributed by atoms with Crippen LogP contribution in [0.4, 0.5) is 0 Å². The van der Waals surface area contributed by atoms with Crippen LogP contribution >= 0.6 is 0 Å². The van der Waals surface area contributed by atoms with E-state index >= 15 is 0 Å². The summed E-state index contributed by atoms with van der Waals surface area (Å²) < 4.78 is 6.80. The van der Waals surface area contributed by atoms with Gasteiger partial charge in [0, 0.05) is 16.6 Å². The van der Waals surface area contributed by atoms with Gasteiger partial charge in [-0.3, -0.25) is 0 Å². The highest BCUT2D eigenvalue weighted by molar-refractivity contribution is 5.95. The van der Waals surface area contributed by atoms with Crippen molar-refractivity contribution >= 4 is 45.4 Å². The summed E-state index contributed by atoms with van der Waals surface area (Å²) in [5, 5.41) is 0. The normalized spacial score (nSPS) is 12.8. The Balaban J connectivity index is 1.56. The molecule has 1 aliphatic rings. The topological polar surface area (TPSA) is 57.6 Å². The lowest BCUT2D eigenvalue weighted by atomic mass is 9.86. The van der Waals surface area contributed by atoms with Crippen LogP contribution in [0.25, 0.3) is 67.6 Å². The number of hydrogen-bond acceptors (Lipinski definition) is 2. The molecule has 0 saturated carbocycles. The third-order valence-corrected chi connectivity index (χ3v) is 8.35. The molecule has 0 amide bonds. The Morgan fingerprint density at radius 3 is 1.58 bits per heavy atom. The molecular formula is C39H37N3O. The standard InChI is InChI=1S/C39H37N3O/c1-38(2,3)26-11-7-24(8-12-26)36-32-18-16-29(41-32)23-28-15-17-30(40-28)31-19-20-33(42-31)37(35-22-21-34(36)43-35)25-9-13-27(14-10-25)39(4,5)6/h7-23,40-41H,1-6H3. The molecule has 0 unspecified atom stereocenters. The van der Waals surface area contributed by atoms with Gasteiger partial charge in [-0.2, -0.15) is 0 Å². The fraction of sp³-hybridized carbons (Fsp3) is 0.205. The minimum absolute atomic E-state index is 0.0676. The van der Waals surface area contributed by atoms with Gasteiger partial charge in [-0.1, -0.05) is 90.1 Å². The summed E-state index contributed by atoms with van der Waals surface area (Å²) in [6.07, 6.45) is 4.16. The minimum Gasteiger partial charge on any atom is -0.456 e. The van der Waals surface area contributed by atoms with Gasteiger partial charge in [0.25, 0.3) is 0 Å². The fourth-order valence-corrected chi connectivity index (χ4v) is 5.83. The molecular weight excluding hydrogens is 526 g/mol. The van der Waals surface area contributed by atoms with E-state index < -0.39 is 0 Å². The van der Waals surface area contributed by atoms with Crippen LogP contribution in [0.1, 0.15) is 64.1 Å². The van der Waals surface area contributed by atoms with Crippen LogP contribution in [0.15, 0.2) is 95.4 Å². The molecule has 8 bridgehead atoms. The average molecular weight is 564 g/mol. The van der Waals surface area contributed by atoms with E-state index in [4.69, 9.17) is 9.40 Å². The summed E-state index contributed by atoms with van der Waals surface area (Å²) in [4.78, 5) is 12.3. The maximum Gasteiger partial charge on any atom is 0.137 e. The first-order chi connectivity index (χ1) is 20.5. The van der Waals surface area contributed by atoms with Crippen LogP contribution in [-0.4, -0.2) is 15.0 Å². The maximum absolute atomic E-state index is 6.80. The third-order valence-electron chi connectivity index (χ3n) is 8.35. The predicted molar refractivity (Wildman–Crippen MR) is 181 cm³/mol. The largest absolute Gasteiger partial charge is 0.456 e. The second kappa shape index (κ2) is 9.88. The molecule has 0 atom stereocenters. The first kappa shape index (κ1) is 27.0. The molecule has 0 radical (unpaired) electrons. The summed E-state index contributed by atoms with van der Waals surface area (Å²) in [5.41, 5.74) is 14.3. The lowest BCUT2D eigenvalue weighted by Gasteiger charge is -2.19. The second-order valence-corrected chi connectivity index (χ2v) is 13.6. The molecule has 0 saturated heterocycles. The highest BCUT2D eigenvalue weighted by Crippen LogP contribution is 2.37. The number of furan rings is 1. The summed E-state index contributed by atoms with van der Waals surface area (Å²) in [6.45, 7) is 13.4. The molecule has 1 aliphatic heterocycles. The number of H-pyrrole nitrogens is 2. The summed E-state index contributed by atoms with van der Waals surface area (Å²) in [5.74, 6) is 0. The molecule has 4 nitrogen and oxygen atoms in total. The highest BCUT2D eigenvalue weighted by Gasteiger charge is 2.18. The molecule has 0 aliphatic carbocycles. The molecule has 4 heteroatoms. The zero-order valence-corrected chi connectivity index (χ0v) is 25.7. The van der Waals surface area contributed by atoms with E-state index in [9.17, 15) is 0 Å². The number of aromatic nitrogens is 3. The Kier molecular flexibility index (Phi) is 6.21. The number of aromatic amines is 2. The van der Waals surface area contributed by atoms with E-state index in [0.717, 1.165) is 66.9 Å². The molecule has 43 heavy (non-hydrogen) atoms. The Labute approximate surface area is 252 Å². The number of benzene rings is 2. The average Bonchev–Trinajstić information content (AvgIpc) is 3.78. The monoisotopic (exact) mass is 563 g/mol. The molecule has 214 valence electrons. The maximum atomic E-state index is 6.80. The summed E-state index contributed by atoms with van der Waals surface area (Å²) in [6, 6.07) is 32.4. The van der Waals surface area contributed by atoms with Gasteiger partial charge in [0.15, 0.2) is 0 Å². The number of nitrogens with one attached hydrogen (secondary N) is 2. The van der Waals surface area contributed by atoms with E-state index in [1.807, 2.05) is 0 Å². The van der Waals surface area contributed by atoms with Crippen LogP contribution in [0, 0.1) is 0 Å². The van der Waals surface area contributed by atoms with Crippen molar-refractivity contribution in [1.29, 1.82) is 0 Å². The summed E-state index contributed by atoms with van der Waals surface area (Å²) >= 11 is 0. The zero-order valence-electron chi connectivity index (χ0n) is 25.7. The molecule has 0 fully saturated rings. The van der Waals surface area contributed by atoms with Crippen molar-refractivity contribution in [3.63, 3.8) is 0 Å². The lowest BCUT2D eigenvalue weighted by Crippen LogP contribution is -2.10. The third kappa shape index (κ3) is 5.08. The Bertz CT molecular complexity index is 2120. The molecule has 6 aromatic rings. The number of rotatable bonds is 2. The SMILES string of the molecule is CC(C)(C)c1ccc(-c2c3nc(c4ccc(cc5ccc([nH]5)c(-c5ccc(C(C)(C)C)cc5)c5ccc2o5)[nH]4)C=C3)cc1. The van der Waals surface area contributed by atoms with E-state index in [1.54, 1.807) is 0 Å². The molecule has 2 N–H and O–H groups in total. The fourth-order valence-electron chi connectivity index (χ4n) is 5.83. The lowest BCUT2D eigenvalue weighted by molar-refractivity contribution is 0.590. The van der Waals surface area contributed by atoms with Crippen molar-refractivity contribution in [2.75, 3.05) is 0 Å². The van der Waals surface area contributed by atoms with Crippen LogP contribution in [0.3, 0.4) is 0 Å². The van der Waals surface area contributed by atoms with Crippen LogP contribution in [0.2, 0.25) is 0 Å². The predicted octanol–water partition coefficient (Wildman–Crippen LogP) is 10.9. The van der Waals surface area contributed by atoms with Crippen molar-refractivity contribution in [3.8, 4) is 22.3 Å². The van der Waals surface area contributed by atoms with Gasteiger partial charge >= 0.3 is 0 Å². The molecule has 7 rings (SSSR count). The Morgan fingerprint density at radius 1 is 0.512 bits per heavy atom. The first-order valence-electron chi connectivity index (χ1n) is 15.0. The highest BCUT2D eigenvalue weighted by atomic mass is 16.3. The number of hydrogen-bond donors (Lipinski definition) is 2. The van der Waals surface area contributed by atoms with E-state index in [1.165, 1.54) is 11.1 Å². The van der Waals surface area contributed by atoms with Crippen molar-refractivity contribution in [1.82, 2.24) is 15.0 Å². The van der Waals surface area contributed by atoms with Gasteiger partial charge in [0.2, 0.25) is 0 Å². The Morgan fingerprint density at radius 2 is 1.00 bits per heavy atom. The Hall–Kier alpha value is -4.83. The molecule has 4 aromatic heterocycles. The molecule has 5 heterocycles.